The van der Waals surface area contributed by atoms with Gasteiger partial charge in [-0.1, -0.05) is 63.2 Å². The summed E-state index contributed by atoms with van der Waals surface area (Å²) in [4.78, 5) is 12.3. The average Bonchev–Trinajstić information content (AvgIpc) is 2.58. The molecule has 3 heteroatoms. The predicted molar refractivity (Wildman–Crippen MR) is 98.4 cm³/mol. The molecule has 3 nitrogen and oxygen atoms in total. The fraction of sp³-hybridized carbons (Fsp3) is 0.381. The third kappa shape index (κ3) is 4.85. The van der Waals surface area contributed by atoms with Crippen LogP contribution < -0.4 is 10.1 Å². The smallest absolute Gasteiger partial charge is 0.258 e. The van der Waals surface area contributed by atoms with E-state index in [2.05, 4.69) is 38.2 Å². The van der Waals surface area contributed by atoms with Gasteiger partial charge in [-0.3, -0.25) is 4.79 Å². The normalized spacial score (nSPS) is 12.0. The van der Waals surface area contributed by atoms with Crippen molar-refractivity contribution < 1.29 is 9.53 Å². The van der Waals surface area contributed by atoms with Crippen LogP contribution in [0.5, 0.6) is 5.75 Å². The van der Waals surface area contributed by atoms with Crippen LogP contribution in [0.15, 0.2) is 48.5 Å². The van der Waals surface area contributed by atoms with E-state index >= 15 is 0 Å². The molecule has 24 heavy (non-hydrogen) atoms. The zero-order valence-corrected chi connectivity index (χ0v) is 15.0. The summed E-state index contributed by atoms with van der Waals surface area (Å²) in [5.41, 5.74) is 3.38. The lowest BCUT2D eigenvalue weighted by Gasteiger charge is -2.19. The molecule has 0 heterocycles. The molecule has 128 valence electrons. The molecule has 0 saturated heterocycles. The van der Waals surface area contributed by atoms with Crippen LogP contribution in [0.25, 0.3) is 0 Å². The number of ether oxygens (including phenoxy) is 1. The monoisotopic (exact) mass is 325 g/mol. The fourth-order valence-electron chi connectivity index (χ4n) is 2.73. The van der Waals surface area contributed by atoms with E-state index in [0.717, 1.165) is 28.9 Å². The highest BCUT2D eigenvalue weighted by molar-refractivity contribution is 5.78. The van der Waals surface area contributed by atoms with Gasteiger partial charge in [0.1, 0.15) is 5.75 Å². The van der Waals surface area contributed by atoms with Crippen molar-refractivity contribution in [3.63, 3.8) is 0 Å². The summed E-state index contributed by atoms with van der Waals surface area (Å²) in [7, 11) is 0. The van der Waals surface area contributed by atoms with Crippen LogP contribution in [0.3, 0.4) is 0 Å². The quantitative estimate of drug-likeness (QED) is 0.796. The highest BCUT2D eigenvalue weighted by atomic mass is 16.5. The van der Waals surface area contributed by atoms with Crippen LogP contribution >= 0.6 is 0 Å². The third-order valence-corrected chi connectivity index (χ3v) is 4.10. The predicted octanol–water partition coefficient (Wildman–Crippen LogP) is 4.76. The summed E-state index contributed by atoms with van der Waals surface area (Å²) >= 11 is 0. The summed E-state index contributed by atoms with van der Waals surface area (Å²) in [5.74, 6) is 1.06. The first-order chi connectivity index (χ1) is 11.5. The molecule has 0 aliphatic rings. The van der Waals surface area contributed by atoms with Crippen LogP contribution in [-0.4, -0.2) is 12.5 Å². The van der Waals surface area contributed by atoms with E-state index in [0.29, 0.717) is 5.92 Å². The average molecular weight is 325 g/mol. The lowest BCUT2D eigenvalue weighted by atomic mass is 10.0. The Labute approximate surface area is 145 Å². The molecular formula is C21H27NO2. The summed E-state index contributed by atoms with van der Waals surface area (Å²) in [5, 5.41) is 3.05. The van der Waals surface area contributed by atoms with E-state index in [1.54, 1.807) is 0 Å². The summed E-state index contributed by atoms with van der Waals surface area (Å²) in [6.45, 7) is 8.38. The highest BCUT2D eigenvalue weighted by Gasteiger charge is 2.14. The molecule has 0 saturated carbocycles. The lowest BCUT2D eigenvalue weighted by Crippen LogP contribution is -2.32. The Balaban J connectivity index is 1.99. The van der Waals surface area contributed by atoms with Crippen LogP contribution in [0.4, 0.5) is 0 Å². The van der Waals surface area contributed by atoms with E-state index in [1.807, 2.05) is 43.3 Å². The fourth-order valence-corrected chi connectivity index (χ4v) is 2.73. The lowest BCUT2D eigenvalue weighted by molar-refractivity contribution is -0.123. The molecule has 0 aliphatic carbocycles. The van der Waals surface area contributed by atoms with E-state index in [9.17, 15) is 4.79 Å². The van der Waals surface area contributed by atoms with Crippen molar-refractivity contribution in [1.29, 1.82) is 0 Å². The zero-order chi connectivity index (χ0) is 17.5. The van der Waals surface area contributed by atoms with Crippen molar-refractivity contribution in [2.75, 3.05) is 6.61 Å². The number of amides is 1. The maximum Gasteiger partial charge on any atom is 0.258 e. The second-order valence-corrected chi connectivity index (χ2v) is 6.42. The number of benzene rings is 2. The van der Waals surface area contributed by atoms with Gasteiger partial charge in [0.05, 0.1) is 6.04 Å². The van der Waals surface area contributed by atoms with Crippen molar-refractivity contribution in [3.8, 4) is 5.75 Å². The number of hydrogen-bond donors (Lipinski definition) is 1. The van der Waals surface area contributed by atoms with Crippen molar-refractivity contribution in [2.24, 2.45) is 0 Å². The Morgan fingerprint density at radius 2 is 1.83 bits per heavy atom. The first kappa shape index (κ1) is 18.1. The first-order valence-electron chi connectivity index (χ1n) is 8.59. The molecule has 0 aromatic heterocycles. The zero-order valence-electron chi connectivity index (χ0n) is 15.0. The van der Waals surface area contributed by atoms with Gasteiger partial charge in [-0.2, -0.15) is 0 Å². The van der Waals surface area contributed by atoms with Crippen molar-refractivity contribution in [1.82, 2.24) is 5.32 Å². The first-order valence-corrected chi connectivity index (χ1v) is 8.59. The van der Waals surface area contributed by atoms with Crippen molar-refractivity contribution >= 4 is 5.91 Å². The summed E-state index contributed by atoms with van der Waals surface area (Å²) < 4.78 is 5.81. The maximum atomic E-state index is 12.3. The van der Waals surface area contributed by atoms with Crippen molar-refractivity contribution in [2.45, 2.75) is 46.1 Å². The van der Waals surface area contributed by atoms with Gasteiger partial charge >= 0.3 is 0 Å². The van der Waals surface area contributed by atoms with Gasteiger partial charge in [0.2, 0.25) is 0 Å². The topological polar surface area (TPSA) is 38.3 Å². The number of aryl methyl sites for hydroxylation is 1. The molecule has 1 amide bonds. The molecule has 0 fully saturated rings. The summed E-state index contributed by atoms with van der Waals surface area (Å²) in [6, 6.07) is 16.2. The van der Waals surface area contributed by atoms with Gasteiger partial charge in [0.15, 0.2) is 6.61 Å². The largest absolute Gasteiger partial charge is 0.483 e. The van der Waals surface area contributed by atoms with Crippen LogP contribution in [0, 0.1) is 6.92 Å². The van der Waals surface area contributed by atoms with Gasteiger partial charge in [0.25, 0.3) is 5.91 Å². The Hall–Kier alpha value is -2.29. The molecule has 0 unspecified atom stereocenters. The number of carbonyl (C=O) groups is 1. The van der Waals surface area contributed by atoms with Gasteiger partial charge in [-0.05, 0) is 42.0 Å². The van der Waals surface area contributed by atoms with Crippen LogP contribution in [0.1, 0.15) is 55.8 Å². The second-order valence-electron chi connectivity index (χ2n) is 6.42. The van der Waals surface area contributed by atoms with E-state index in [4.69, 9.17) is 4.74 Å². The molecule has 2 aromatic rings. The molecule has 1 N–H and O–H groups in total. The van der Waals surface area contributed by atoms with E-state index < -0.39 is 0 Å². The summed E-state index contributed by atoms with van der Waals surface area (Å²) in [6.07, 6.45) is 0.845. The maximum absolute atomic E-state index is 12.3. The molecular weight excluding hydrogens is 298 g/mol. The Bertz CT molecular complexity index is 665. The third-order valence-electron chi connectivity index (χ3n) is 4.10. The molecule has 2 aromatic carbocycles. The van der Waals surface area contributed by atoms with Gasteiger partial charge in [-0.25, -0.2) is 0 Å². The Kier molecular flexibility index (Phi) is 6.42. The number of hydrogen-bond acceptors (Lipinski definition) is 2. The Morgan fingerprint density at radius 3 is 2.46 bits per heavy atom. The van der Waals surface area contributed by atoms with Crippen LogP contribution in [-0.2, 0) is 4.79 Å². The molecule has 1 atom stereocenters. The van der Waals surface area contributed by atoms with Crippen LogP contribution in [0.2, 0.25) is 0 Å². The molecule has 0 radical (unpaired) electrons. The van der Waals surface area contributed by atoms with E-state index in [-0.39, 0.29) is 18.6 Å². The SMILES string of the molecule is CC[C@H](NC(=O)COc1cc(C)ccc1C(C)C)c1ccccc1. The highest BCUT2D eigenvalue weighted by Crippen LogP contribution is 2.27. The van der Waals surface area contributed by atoms with Crippen molar-refractivity contribution in [3.05, 3.63) is 65.2 Å². The minimum atomic E-state index is -0.0954. The molecule has 0 aliphatic heterocycles. The minimum Gasteiger partial charge on any atom is -0.483 e. The standard InChI is InChI=1S/C21H27NO2/c1-5-19(17-9-7-6-8-10-17)22-21(23)14-24-20-13-16(4)11-12-18(20)15(2)3/h6-13,15,19H,5,14H2,1-4H3,(H,22,23)/t19-/m0/s1. The van der Waals surface area contributed by atoms with E-state index in [1.165, 1.54) is 0 Å². The van der Waals surface area contributed by atoms with Gasteiger partial charge < -0.3 is 10.1 Å². The minimum absolute atomic E-state index is 0.0179. The number of rotatable bonds is 7. The second kappa shape index (κ2) is 8.53. The molecule has 0 bridgehead atoms. The van der Waals surface area contributed by atoms with Gasteiger partial charge in [-0.15, -0.1) is 0 Å². The molecule has 0 spiro atoms. The van der Waals surface area contributed by atoms with Gasteiger partial charge in [0, 0.05) is 0 Å². The Morgan fingerprint density at radius 1 is 1.12 bits per heavy atom. The molecule has 2 rings (SSSR count). The number of nitrogens with one attached hydrogen (secondary N) is 1. The number of carbonyl (C=O) groups excluding carboxylic acids is 1.